The highest BCUT2D eigenvalue weighted by Gasteiger charge is 2.27. The Morgan fingerprint density at radius 2 is 1.96 bits per heavy atom. The Kier molecular flexibility index (Phi) is 5.12. The summed E-state index contributed by atoms with van der Waals surface area (Å²) in [6.07, 6.45) is 2.74. The summed E-state index contributed by atoms with van der Waals surface area (Å²) >= 11 is 4.84. The van der Waals surface area contributed by atoms with Crippen molar-refractivity contribution in [2.75, 3.05) is 5.32 Å². The number of halogens is 1. The first kappa shape index (κ1) is 19.0. The van der Waals surface area contributed by atoms with Gasteiger partial charge < -0.3 is 15.5 Å². The van der Waals surface area contributed by atoms with Gasteiger partial charge in [-0.25, -0.2) is 0 Å². The lowest BCUT2D eigenvalue weighted by molar-refractivity contribution is 0.0998. The van der Waals surface area contributed by atoms with Crippen molar-refractivity contribution >= 4 is 44.1 Å². The van der Waals surface area contributed by atoms with Crippen LogP contribution in [0.4, 0.5) is 5.00 Å². The summed E-state index contributed by atoms with van der Waals surface area (Å²) in [7, 11) is 0. The van der Waals surface area contributed by atoms with Crippen LogP contribution in [0.15, 0.2) is 45.3 Å². The molecule has 1 aliphatic rings. The fourth-order valence-corrected chi connectivity index (χ4v) is 5.17. The molecule has 144 valence electrons. The first-order valence-corrected chi connectivity index (χ1v) is 10.6. The fourth-order valence-electron chi connectivity index (χ4n) is 3.49. The Hall–Kier alpha value is -2.38. The number of carbonyl (C=O) groups excluding carboxylic acids is 2. The minimum atomic E-state index is -0.502. The summed E-state index contributed by atoms with van der Waals surface area (Å²) in [5, 5.41) is 3.34. The lowest BCUT2D eigenvalue weighted by Gasteiger charge is -2.18. The van der Waals surface area contributed by atoms with Crippen LogP contribution in [0, 0.1) is 5.92 Å². The van der Waals surface area contributed by atoms with Gasteiger partial charge in [-0.2, -0.15) is 0 Å². The number of rotatable bonds is 4. The average Bonchev–Trinajstić information content (AvgIpc) is 3.26. The van der Waals surface area contributed by atoms with Crippen LogP contribution in [-0.2, 0) is 12.8 Å². The molecule has 2 amide bonds. The zero-order valence-electron chi connectivity index (χ0n) is 15.3. The molecule has 1 aromatic carbocycles. The van der Waals surface area contributed by atoms with Crippen LogP contribution in [0.25, 0.3) is 11.3 Å². The van der Waals surface area contributed by atoms with Gasteiger partial charge in [-0.3, -0.25) is 9.59 Å². The molecule has 0 fully saturated rings. The van der Waals surface area contributed by atoms with Gasteiger partial charge in [-0.1, -0.05) is 35.0 Å². The van der Waals surface area contributed by atoms with E-state index in [1.807, 2.05) is 24.3 Å². The first-order valence-electron chi connectivity index (χ1n) is 9.04. The molecular formula is C21H19BrN2O3S. The molecule has 0 radical (unpaired) electrons. The predicted molar refractivity (Wildman–Crippen MR) is 114 cm³/mol. The number of anilines is 1. The zero-order chi connectivity index (χ0) is 19.8. The van der Waals surface area contributed by atoms with Gasteiger partial charge >= 0.3 is 0 Å². The van der Waals surface area contributed by atoms with Crippen LogP contribution in [0.3, 0.4) is 0 Å². The van der Waals surface area contributed by atoms with E-state index < -0.39 is 11.8 Å². The minimum absolute atomic E-state index is 0.188. The van der Waals surface area contributed by atoms with Crippen LogP contribution in [-0.4, -0.2) is 11.8 Å². The lowest BCUT2D eigenvalue weighted by Crippen LogP contribution is -2.19. The van der Waals surface area contributed by atoms with E-state index in [0.29, 0.717) is 22.2 Å². The quantitative estimate of drug-likeness (QED) is 0.559. The van der Waals surface area contributed by atoms with Crippen molar-refractivity contribution in [3.63, 3.8) is 0 Å². The second-order valence-corrected chi connectivity index (χ2v) is 9.07. The van der Waals surface area contributed by atoms with E-state index >= 15 is 0 Å². The second kappa shape index (κ2) is 7.56. The smallest absolute Gasteiger partial charge is 0.292 e. The number of nitrogens with one attached hydrogen (secondary N) is 1. The molecule has 1 aliphatic carbocycles. The number of carbonyl (C=O) groups is 2. The Morgan fingerprint density at radius 3 is 2.68 bits per heavy atom. The number of hydrogen-bond acceptors (Lipinski definition) is 4. The maximum absolute atomic E-state index is 12.7. The zero-order valence-corrected chi connectivity index (χ0v) is 17.7. The summed E-state index contributed by atoms with van der Waals surface area (Å²) in [5.41, 5.74) is 7.92. The maximum Gasteiger partial charge on any atom is 0.292 e. The number of fused-ring (bicyclic) bond motifs is 1. The van der Waals surface area contributed by atoms with Gasteiger partial charge in [0.2, 0.25) is 0 Å². The molecule has 0 saturated heterocycles. The molecule has 7 heteroatoms. The summed E-state index contributed by atoms with van der Waals surface area (Å²) in [6, 6.07) is 11.0. The van der Waals surface area contributed by atoms with Gasteiger partial charge in [0.05, 0.1) is 5.56 Å². The van der Waals surface area contributed by atoms with Gasteiger partial charge in [0.1, 0.15) is 10.8 Å². The van der Waals surface area contributed by atoms with E-state index in [2.05, 4.69) is 28.2 Å². The third-order valence-electron chi connectivity index (χ3n) is 4.94. The molecule has 3 N–H and O–H groups in total. The fraction of sp³-hybridized carbons (Fsp3) is 0.238. The molecule has 0 spiro atoms. The summed E-state index contributed by atoms with van der Waals surface area (Å²) < 4.78 is 6.69. The van der Waals surface area contributed by atoms with Crippen molar-refractivity contribution < 1.29 is 14.0 Å². The standard InChI is InChI=1S/C21H19BrN2O3S/c1-11-2-7-14-17(10-11)28-21(18(14)19(23)25)24-20(26)16-9-8-15(27-16)12-3-5-13(22)6-4-12/h3-6,8-9,11H,2,7,10H2,1H3,(H2,23,25)(H,24,26). The van der Waals surface area contributed by atoms with E-state index in [9.17, 15) is 9.59 Å². The molecule has 4 rings (SSSR count). The van der Waals surface area contributed by atoms with Crippen molar-refractivity contribution in [3.8, 4) is 11.3 Å². The van der Waals surface area contributed by atoms with Crippen LogP contribution < -0.4 is 11.1 Å². The Labute approximate surface area is 175 Å². The molecule has 1 atom stereocenters. The number of furan rings is 1. The van der Waals surface area contributed by atoms with Crippen molar-refractivity contribution in [1.82, 2.24) is 0 Å². The molecular weight excluding hydrogens is 440 g/mol. The number of primary amides is 1. The normalized spacial score (nSPS) is 15.9. The number of benzene rings is 1. The number of thiophene rings is 1. The van der Waals surface area contributed by atoms with Gasteiger partial charge in [-0.15, -0.1) is 11.3 Å². The Morgan fingerprint density at radius 1 is 1.21 bits per heavy atom. The molecule has 0 saturated carbocycles. The van der Waals surface area contributed by atoms with E-state index in [4.69, 9.17) is 10.2 Å². The largest absolute Gasteiger partial charge is 0.451 e. The molecule has 1 unspecified atom stereocenters. The molecule has 3 aromatic rings. The van der Waals surface area contributed by atoms with Crippen molar-refractivity contribution in [2.45, 2.75) is 26.2 Å². The van der Waals surface area contributed by atoms with E-state index in [0.717, 1.165) is 39.7 Å². The van der Waals surface area contributed by atoms with Gasteiger partial charge in [0, 0.05) is 14.9 Å². The topological polar surface area (TPSA) is 85.3 Å². The molecule has 0 aliphatic heterocycles. The third kappa shape index (κ3) is 3.64. The summed E-state index contributed by atoms with van der Waals surface area (Å²) in [6.45, 7) is 2.19. The van der Waals surface area contributed by atoms with E-state index in [-0.39, 0.29) is 5.76 Å². The van der Waals surface area contributed by atoms with Crippen molar-refractivity contribution in [1.29, 1.82) is 0 Å². The molecule has 5 nitrogen and oxygen atoms in total. The van der Waals surface area contributed by atoms with Crippen LogP contribution >= 0.6 is 27.3 Å². The lowest BCUT2D eigenvalue weighted by atomic mass is 9.88. The third-order valence-corrected chi connectivity index (χ3v) is 6.64. The Bertz CT molecular complexity index is 1050. The number of amides is 2. The highest BCUT2D eigenvalue weighted by Crippen LogP contribution is 2.39. The van der Waals surface area contributed by atoms with Crippen LogP contribution in [0.1, 0.15) is 44.7 Å². The van der Waals surface area contributed by atoms with E-state index in [1.165, 1.54) is 11.3 Å². The second-order valence-electron chi connectivity index (χ2n) is 7.05. The van der Waals surface area contributed by atoms with Crippen molar-refractivity contribution in [3.05, 3.63) is 62.6 Å². The molecule has 2 heterocycles. The molecule has 28 heavy (non-hydrogen) atoms. The SMILES string of the molecule is CC1CCc2c(sc(NC(=O)c3ccc(-c4ccc(Br)cc4)o3)c2C(N)=O)C1. The highest BCUT2D eigenvalue weighted by molar-refractivity contribution is 9.10. The molecule has 2 aromatic heterocycles. The number of hydrogen-bond donors (Lipinski definition) is 2. The van der Waals surface area contributed by atoms with Gasteiger partial charge in [0.25, 0.3) is 11.8 Å². The Balaban J connectivity index is 1.59. The van der Waals surface area contributed by atoms with E-state index in [1.54, 1.807) is 12.1 Å². The predicted octanol–water partition coefficient (Wildman–Crippen LogP) is 5.25. The average molecular weight is 459 g/mol. The van der Waals surface area contributed by atoms with Crippen LogP contribution in [0.5, 0.6) is 0 Å². The summed E-state index contributed by atoms with van der Waals surface area (Å²) in [4.78, 5) is 25.9. The minimum Gasteiger partial charge on any atom is -0.451 e. The van der Waals surface area contributed by atoms with Crippen molar-refractivity contribution in [2.24, 2.45) is 11.7 Å². The molecule has 0 bridgehead atoms. The van der Waals surface area contributed by atoms with Crippen LogP contribution in [0.2, 0.25) is 0 Å². The van der Waals surface area contributed by atoms with Gasteiger partial charge in [-0.05, 0) is 55.0 Å². The maximum atomic E-state index is 12.7. The summed E-state index contributed by atoms with van der Waals surface area (Å²) in [5.74, 6) is 0.462. The first-order chi connectivity index (χ1) is 13.4. The monoisotopic (exact) mass is 458 g/mol. The number of nitrogens with two attached hydrogens (primary N) is 1. The van der Waals surface area contributed by atoms with Gasteiger partial charge in [0.15, 0.2) is 5.76 Å². The highest BCUT2D eigenvalue weighted by atomic mass is 79.9.